The van der Waals surface area contributed by atoms with E-state index >= 15 is 0 Å². The van der Waals surface area contributed by atoms with Crippen molar-refractivity contribution in [2.75, 3.05) is 0 Å². The molecule has 1 aliphatic carbocycles. The highest BCUT2D eigenvalue weighted by molar-refractivity contribution is 5.43. The standard InChI is InChI=1S/C26H36/c1-4-9-22-11-7-13-24(19-22)26(17-15-21(6-3)16-18-26)25-14-8-12-23(20-25)10-5-2/h7-8,11-14,19-21H,4-6,9-10,15-18H2,1-3H3. The summed E-state index contributed by atoms with van der Waals surface area (Å²) < 4.78 is 0. The molecule has 0 aromatic heterocycles. The van der Waals surface area contributed by atoms with Gasteiger partial charge in [0.2, 0.25) is 0 Å². The van der Waals surface area contributed by atoms with Crippen LogP contribution >= 0.6 is 0 Å². The first-order valence-corrected chi connectivity index (χ1v) is 10.9. The van der Waals surface area contributed by atoms with Crippen molar-refractivity contribution in [1.29, 1.82) is 0 Å². The van der Waals surface area contributed by atoms with Crippen LogP contribution in [-0.2, 0) is 18.3 Å². The third-order valence-electron chi connectivity index (χ3n) is 6.57. The van der Waals surface area contributed by atoms with E-state index in [1.54, 1.807) is 11.1 Å². The summed E-state index contributed by atoms with van der Waals surface area (Å²) in [7, 11) is 0. The van der Waals surface area contributed by atoms with Gasteiger partial charge in [-0.1, -0.05) is 88.6 Å². The Balaban J connectivity index is 2.03. The van der Waals surface area contributed by atoms with Gasteiger partial charge in [0.15, 0.2) is 0 Å². The molecule has 3 rings (SSSR count). The van der Waals surface area contributed by atoms with E-state index in [0.29, 0.717) is 0 Å². The van der Waals surface area contributed by atoms with E-state index < -0.39 is 0 Å². The van der Waals surface area contributed by atoms with E-state index in [-0.39, 0.29) is 5.41 Å². The van der Waals surface area contributed by atoms with Crippen molar-refractivity contribution in [1.82, 2.24) is 0 Å². The molecule has 140 valence electrons. The summed E-state index contributed by atoms with van der Waals surface area (Å²) in [5.74, 6) is 0.917. The SMILES string of the molecule is CCCc1cccc(C2(c3cccc(CCC)c3)CCC(CC)CC2)c1. The third-order valence-corrected chi connectivity index (χ3v) is 6.57. The second-order valence-corrected chi connectivity index (χ2v) is 8.33. The molecule has 1 saturated carbocycles. The summed E-state index contributed by atoms with van der Waals surface area (Å²) in [4.78, 5) is 0. The molecule has 0 nitrogen and oxygen atoms in total. The Kier molecular flexibility index (Phi) is 6.57. The van der Waals surface area contributed by atoms with Crippen LogP contribution in [0.5, 0.6) is 0 Å². The largest absolute Gasteiger partial charge is 0.0651 e. The molecule has 0 amide bonds. The molecular weight excluding hydrogens is 312 g/mol. The van der Waals surface area contributed by atoms with Gasteiger partial charge in [-0.2, -0.15) is 0 Å². The second-order valence-electron chi connectivity index (χ2n) is 8.33. The quantitative estimate of drug-likeness (QED) is 0.486. The molecule has 0 unspecified atom stereocenters. The summed E-state index contributed by atoms with van der Waals surface area (Å²) in [6.45, 7) is 6.92. The van der Waals surface area contributed by atoms with Gasteiger partial charge in [0.1, 0.15) is 0 Å². The highest BCUT2D eigenvalue weighted by Crippen LogP contribution is 2.47. The Morgan fingerprint density at radius 1 is 0.769 bits per heavy atom. The highest BCUT2D eigenvalue weighted by Gasteiger charge is 2.38. The molecule has 26 heavy (non-hydrogen) atoms. The van der Waals surface area contributed by atoms with Crippen LogP contribution in [0.25, 0.3) is 0 Å². The summed E-state index contributed by atoms with van der Waals surface area (Å²) in [6.07, 6.45) is 11.5. The molecule has 0 bridgehead atoms. The van der Waals surface area contributed by atoms with Gasteiger partial charge in [-0.05, 0) is 66.7 Å². The van der Waals surface area contributed by atoms with E-state index in [4.69, 9.17) is 0 Å². The van der Waals surface area contributed by atoms with Gasteiger partial charge in [0.05, 0.1) is 0 Å². The van der Waals surface area contributed by atoms with Gasteiger partial charge >= 0.3 is 0 Å². The van der Waals surface area contributed by atoms with Crippen LogP contribution < -0.4 is 0 Å². The lowest BCUT2D eigenvalue weighted by Crippen LogP contribution is -2.33. The van der Waals surface area contributed by atoms with Crippen molar-refractivity contribution >= 4 is 0 Å². The number of hydrogen-bond donors (Lipinski definition) is 0. The first-order chi connectivity index (χ1) is 12.7. The molecule has 1 fully saturated rings. The van der Waals surface area contributed by atoms with Crippen LogP contribution in [-0.4, -0.2) is 0 Å². The van der Waals surface area contributed by atoms with Gasteiger partial charge in [0, 0.05) is 5.41 Å². The minimum Gasteiger partial charge on any atom is -0.0651 e. The zero-order valence-corrected chi connectivity index (χ0v) is 17.1. The maximum atomic E-state index is 2.52. The van der Waals surface area contributed by atoms with Crippen molar-refractivity contribution in [3.05, 3.63) is 70.8 Å². The average Bonchev–Trinajstić information content (AvgIpc) is 2.69. The lowest BCUT2D eigenvalue weighted by molar-refractivity contribution is 0.260. The molecule has 0 heteroatoms. The zero-order valence-electron chi connectivity index (χ0n) is 17.1. The summed E-state index contributed by atoms with van der Waals surface area (Å²) >= 11 is 0. The van der Waals surface area contributed by atoms with Gasteiger partial charge in [-0.25, -0.2) is 0 Å². The Morgan fingerprint density at radius 3 is 1.69 bits per heavy atom. The molecule has 1 aliphatic rings. The van der Waals surface area contributed by atoms with E-state index in [2.05, 4.69) is 69.3 Å². The van der Waals surface area contributed by atoms with Gasteiger partial charge < -0.3 is 0 Å². The van der Waals surface area contributed by atoms with Crippen molar-refractivity contribution in [2.24, 2.45) is 5.92 Å². The molecule has 2 aromatic carbocycles. The Morgan fingerprint density at radius 2 is 1.27 bits per heavy atom. The first kappa shape index (κ1) is 19.2. The van der Waals surface area contributed by atoms with E-state index in [9.17, 15) is 0 Å². The maximum absolute atomic E-state index is 2.52. The van der Waals surface area contributed by atoms with Crippen LogP contribution in [0.2, 0.25) is 0 Å². The molecule has 0 N–H and O–H groups in total. The number of aryl methyl sites for hydroxylation is 2. The van der Waals surface area contributed by atoms with Crippen molar-refractivity contribution in [3.8, 4) is 0 Å². The number of hydrogen-bond acceptors (Lipinski definition) is 0. The number of rotatable bonds is 7. The van der Waals surface area contributed by atoms with Crippen LogP contribution in [0.3, 0.4) is 0 Å². The Labute approximate surface area is 161 Å². The summed E-state index contributed by atoms with van der Waals surface area (Å²) in [6, 6.07) is 19.0. The fourth-order valence-corrected chi connectivity index (χ4v) is 4.95. The summed E-state index contributed by atoms with van der Waals surface area (Å²) in [5, 5.41) is 0. The predicted molar refractivity (Wildman–Crippen MR) is 114 cm³/mol. The predicted octanol–water partition coefficient (Wildman–Crippen LogP) is 7.48. The fraction of sp³-hybridized carbons (Fsp3) is 0.538. The van der Waals surface area contributed by atoms with Crippen LogP contribution in [0, 0.1) is 5.92 Å². The highest BCUT2D eigenvalue weighted by atomic mass is 14.4. The molecule has 0 atom stereocenters. The lowest BCUT2D eigenvalue weighted by atomic mass is 9.62. The van der Waals surface area contributed by atoms with Crippen LogP contribution in [0.4, 0.5) is 0 Å². The molecular formula is C26H36. The fourth-order valence-electron chi connectivity index (χ4n) is 4.95. The van der Waals surface area contributed by atoms with E-state index in [0.717, 1.165) is 5.92 Å². The zero-order chi connectivity index (χ0) is 18.4. The van der Waals surface area contributed by atoms with E-state index in [1.807, 2.05) is 0 Å². The van der Waals surface area contributed by atoms with Gasteiger partial charge in [0.25, 0.3) is 0 Å². The molecule has 0 aliphatic heterocycles. The maximum Gasteiger partial charge on any atom is 0.0203 e. The van der Waals surface area contributed by atoms with Crippen molar-refractivity contribution < 1.29 is 0 Å². The average molecular weight is 349 g/mol. The Hall–Kier alpha value is -1.56. The van der Waals surface area contributed by atoms with Crippen LogP contribution in [0.15, 0.2) is 48.5 Å². The summed E-state index contributed by atoms with van der Waals surface area (Å²) in [5.41, 5.74) is 6.36. The molecule has 0 heterocycles. The molecule has 2 aromatic rings. The normalized spacial score (nSPS) is 17.3. The van der Waals surface area contributed by atoms with E-state index in [1.165, 1.54) is 68.9 Å². The van der Waals surface area contributed by atoms with Gasteiger partial charge in [-0.3, -0.25) is 0 Å². The number of benzene rings is 2. The Bertz CT molecular complexity index is 637. The topological polar surface area (TPSA) is 0 Å². The minimum atomic E-state index is 0.221. The second kappa shape index (κ2) is 8.89. The third kappa shape index (κ3) is 4.05. The van der Waals surface area contributed by atoms with Crippen molar-refractivity contribution in [2.45, 2.75) is 84.0 Å². The van der Waals surface area contributed by atoms with Gasteiger partial charge in [-0.15, -0.1) is 0 Å². The lowest BCUT2D eigenvalue weighted by Gasteiger charge is -2.41. The minimum absolute atomic E-state index is 0.221. The molecule has 0 spiro atoms. The molecule has 0 radical (unpaired) electrons. The smallest absolute Gasteiger partial charge is 0.0203 e. The van der Waals surface area contributed by atoms with Crippen LogP contribution in [0.1, 0.15) is 88.0 Å². The first-order valence-electron chi connectivity index (χ1n) is 10.9. The van der Waals surface area contributed by atoms with Crippen molar-refractivity contribution in [3.63, 3.8) is 0 Å². The molecule has 0 saturated heterocycles. The monoisotopic (exact) mass is 348 g/mol.